The number of thiophene rings is 1. The number of amides is 1. The normalized spacial score (nSPS) is 12.2. The van der Waals surface area contributed by atoms with Crippen LogP contribution in [0, 0.1) is 0 Å². The van der Waals surface area contributed by atoms with E-state index in [0.29, 0.717) is 16.4 Å². The summed E-state index contributed by atoms with van der Waals surface area (Å²) in [5.74, 6) is -0.667. The summed E-state index contributed by atoms with van der Waals surface area (Å²) in [6, 6.07) is 16.0. The van der Waals surface area contributed by atoms with Gasteiger partial charge in [0, 0.05) is 16.6 Å². The number of pyridine rings is 1. The lowest BCUT2D eigenvalue weighted by molar-refractivity contribution is -0.147. The lowest BCUT2D eigenvalue weighted by atomic mass is 10.2. The molecule has 11 heteroatoms. The average molecular weight is 481 g/mol. The molecule has 3 aromatic heterocycles. The van der Waals surface area contributed by atoms with Crippen LogP contribution in [-0.2, 0) is 14.3 Å². The van der Waals surface area contributed by atoms with E-state index in [2.05, 4.69) is 25.8 Å². The Labute approximate surface area is 197 Å². The smallest absolute Gasteiger partial charge is 0.357 e. The number of rotatable bonds is 7. The van der Waals surface area contributed by atoms with Gasteiger partial charge in [0.25, 0.3) is 5.91 Å². The molecule has 0 fully saturated rings. The Kier molecular flexibility index (Phi) is 6.86. The molecule has 33 heavy (non-hydrogen) atoms. The zero-order valence-corrected chi connectivity index (χ0v) is 18.8. The van der Waals surface area contributed by atoms with Gasteiger partial charge in [0.05, 0.1) is 5.02 Å². The summed E-state index contributed by atoms with van der Waals surface area (Å²) in [5, 5.41) is 16.7. The van der Waals surface area contributed by atoms with Gasteiger partial charge in [-0.2, -0.15) is 4.68 Å². The molecule has 4 rings (SSSR count). The molecule has 0 spiro atoms. The van der Waals surface area contributed by atoms with Crippen molar-refractivity contribution in [3.8, 4) is 11.4 Å². The number of tetrazole rings is 1. The van der Waals surface area contributed by atoms with Gasteiger partial charge < -0.3 is 10.1 Å². The maximum absolute atomic E-state index is 13.1. The van der Waals surface area contributed by atoms with Gasteiger partial charge in [-0.05, 0) is 47.0 Å². The van der Waals surface area contributed by atoms with Crippen molar-refractivity contribution in [3.63, 3.8) is 0 Å². The zero-order chi connectivity index (χ0) is 23.2. The standard InChI is InChI=1S/C22H17ClN6O3S/c1-14(21(30)25-19-10-9-16(23)13-24-19)32-22(31)18(12-17-8-5-11-33-17)29-20(26-27-28-29)15-6-3-2-4-7-15/h2-14H,1H3,(H,24,25,30). The highest BCUT2D eigenvalue weighted by atomic mass is 35.5. The molecule has 0 saturated carbocycles. The average Bonchev–Trinajstić information content (AvgIpc) is 3.51. The predicted octanol–water partition coefficient (Wildman–Crippen LogP) is 4.02. The Morgan fingerprint density at radius 2 is 1.97 bits per heavy atom. The first-order valence-electron chi connectivity index (χ1n) is 9.74. The fraction of sp³-hybridized carbons (Fsp3) is 0.0909. The highest BCUT2D eigenvalue weighted by Crippen LogP contribution is 2.23. The van der Waals surface area contributed by atoms with E-state index in [-0.39, 0.29) is 11.5 Å². The summed E-state index contributed by atoms with van der Waals surface area (Å²) < 4.78 is 6.74. The van der Waals surface area contributed by atoms with Crippen LogP contribution in [-0.4, -0.2) is 43.2 Å². The maximum atomic E-state index is 13.1. The monoisotopic (exact) mass is 480 g/mol. The molecule has 1 atom stereocenters. The van der Waals surface area contributed by atoms with Gasteiger partial charge in [0.15, 0.2) is 17.6 Å². The summed E-state index contributed by atoms with van der Waals surface area (Å²) in [5.41, 5.74) is 0.776. The molecular formula is C22H17ClN6O3S. The van der Waals surface area contributed by atoms with E-state index >= 15 is 0 Å². The summed E-state index contributed by atoms with van der Waals surface area (Å²) >= 11 is 7.24. The Morgan fingerprint density at radius 1 is 1.15 bits per heavy atom. The van der Waals surface area contributed by atoms with Crippen molar-refractivity contribution in [1.29, 1.82) is 0 Å². The van der Waals surface area contributed by atoms with E-state index in [4.69, 9.17) is 16.3 Å². The van der Waals surface area contributed by atoms with Crippen LogP contribution >= 0.6 is 22.9 Å². The molecule has 1 aromatic carbocycles. The van der Waals surface area contributed by atoms with Gasteiger partial charge in [0.2, 0.25) is 0 Å². The van der Waals surface area contributed by atoms with E-state index < -0.39 is 18.0 Å². The number of hydrogen-bond donors (Lipinski definition) is 1. The first kappa shape index (κ1) is 22.3. The molecular weight excluding hydrogens is 464 g/mol. The van der Waals surface area contributed by atoms with Gasteiger partial charge in [0.1, 0.15) is 5.82 Å². The van der Waals surface area contributed by atoms with Crippen molar-refractivity contribution in [2.24, 2.45) is 0 Å². The molecule has 4 aromatic rings. The van der Waals surface area contributed by atoms with Crippen LogP contribution in [0.2, 0.25) is 5.02 Å². The van der Waals surface area contributed by atoms with Crippen molar-refractivity contribution >= 4 is 52.4 Å². The number of esters is 1. The largest absolute Gasteiger partial charge is 0.448 e. The van der Waals surface area contributed by atoms with Gasteiger partial charge in [-0.1, -0.05) is 48.0 Å². The van der Waals surface area contributed by atoms with Crippen molar-refractivity contribution in [1.82, 2.24) is 25.2 Å². The molecule has 0 radical (unpaired) electrons. The van der Waals surface area contributed by atoms with Crippen LogP contribution in [0.3, 0.4) is 0 Å². The number of nitrogens with one attached hydrogen (secondary N) is 1. The van der Waals surface area contributed by atoms with E-state index in [9.17, 15) is 9.59 Å². The zero-order valence-electron chi connectivity index (χ0n) is 17.3. The molecule has 1 unspecified atom stereocenters. The summed E-state index contributed by atoms with van der Waals surface area (Å²) in [6.07, 6.45) is 1.90. The van der Waals surface area contributed by atoms with E-state index in [1.165, 1.54) is 29.1 Å². The number of hydrogen-bond acceptors (Lipinski definition) is 8. The minimum absolute atomic E-state index is 0.0607. The van der Waals surface area contributed by atoms with Gasteiger partial charge in [-0.3, -0.25) is 4.79 Å². The fourth-order valence-electron chi connectivity index (χ4n) is 2.78. The molecule has 0 aliphatic rings. The summed E-state index contributed by atoms with van der Waals surface area (Å²) in [4.78, 5) is 30.5. The second-order valence-corrected chi connectivity index (χ2v) is 8.14. The maximum Gasteiger partial charge on any atom is 0.357 e. The first-order valence-corrected chi connectivity index (χ1v) is 11.0. The van der Waals surface area contributed by atoms with Crippen LogP contribution in [0.15, 0.2) is 66.2 Å². The highest BCUT2D eigenvalue weighted by Gasteiger charge is 2.25. The quantitative estimate of drug-likeness (QED) is 0.314. The Morgan fingerprint density at radius 3 is 2.67 bits per heavy atom. The molecule has 1 amide bonds. The number of benzene rings is 1. The lowest BCUT2D eigenvalue weighted by Gasteiger charge is -2.15. The number of carbonyl (C=O) groups excluding carboxylic acids is 2. The molecule has 166 valence electrons. The topological polar surface area (TPSA) is 112 Å². The molecule has 0 saturated heterocycles. The molecule has 3 heterocycles. The Hall–Kier alpha value is -3.89. The SMILES string of the molecule is CC(OC(=O)C(=Cc1cccs1)n1nnnc1-c1ccccc1)C(=O)Nc1ccc(Cl)cn1. The second kappa shape index (κ2) is 10.2. The minimum Gasteiger partial charge on any atom is -0.448 e. The van der Waals surface area contributed by atoms with Crippen molar-refractivity contribution < 1.29 is 14.3 Å². The van der Waals surface area contributed by atoms with Crippen LogP contribution in [0.4, 0.5) is 5.82 Å². The van der Waals surface area contributed by atoms with Crippen LogP contribution in [0.5, 0.6) is 0 Å². The second-order valence-electron chi connectivity index (χ2n) is 6.72. The summed E-state index contributed by atoms with van der Waals surface area (Å²) in [7, 11) is 0. The highest BCUT2D eigenvalue weighted by molar-refractivity contribution is 7.10. The van der Waals surface area contributed by atoms with Gasteiger partial charge >= 0.3 is 5.97 Å². The Bertz CT molecular complexity index is 1270. The Balaban J connectivity index is 1.58. The lowest BCUT2D eigenvalue weighted by Crippen LogP contribution is -2.31. The van der Waals surface area contributed by atoms with Crippen molar-refractivity contribution in [3.05, 3.63) is 76.1 Å². The third-order valence-corrected chi connectivity index (χ3v) is 5.44. The van der Waals surface area contributed by atoms with E-state index in [1.54, 1.807) is 18.2 Å². The van der Waals surface area contributed by atoms with Crippen LogP contribution in [0.1, 0.15) is 11.8 Å². The van der Waals surface area contributed by atoms with Crippen LogP contribution < -0.4 is 5.32 Å². The summed E-state index contributed by atoms with van der Waals surface area (Å²) in [6.45, 7) is 1.46. The predicted molar refractivity (Wildman–Crippen MR) is 125 cm³/mol. The number of aromatic nitrogens is 5. The van der Waals surface area contributed by atoms with Crippen LogP contribution in [0.25, 0.3) is 23.2 Å². The molecule has 0 aliphatic heterocycles. The third-order valence-electron chi connectivity index (χ3n) is 4.39. The molecule has 0 bridgehead atoms. The number of carbonyl (C=O) groups is 2. The molecule has 0 aliphatic carbocycles. The van der Waals surface area contributed by atoms with Gasteiger partial charge in [-0.25, -0.2) is 9.78 Å². The fourth-order valence-corrected chi connectivity index (χ4v) is 3.55. The molecule has 1 N–H and O–H groups in total. The van der Waals surface area contributed by atoms with Crippen molar-refractivity contribution in [2.45, 2.75) is 13.0 Å². The third kappa shape index (κ3) is 5.48. The number of anilines is 1. The van der Waals surface area contributed by atoms with Crippen molar-refractivity contribution in [2.75, 3.05) is 5.32 Å². The number of ether oxygens (including phenoxy) is 1. The van der Waals surface area contributed by atoms with E-state index in [0.717, 1.165) is 4.88 Å². The first-order chi connectivity index (χ1) is 16.0. The van der Waals surface area contributed by atoms with Gasteiger partial charge in [-0.15, -0.1) is 16.4 Å². The number of halogens is 1. The minimum atomic E-state index is -1.11. The van der Waals surface area contributed by atoms with E-state index in [1.807, 2.05) is 47.8 Å². The number of nitrogens with zero attached hydrogens (tertiary/aromatic N) is 5. The molecule has 9 nitrogen and oxygen atoms in total.